The maximum absolute atomic E-state index is 13.5. The van der Waals surface area contributed by atoms with Crippen molar-refractivity contribution in [2.75, 3.05) is 11.1 Å². The van der Waals surface area contributed by atoms with E-state index in [9.17, 15) is 22.0 Å². The van der Waals surface area contributed by atoms with E-state index in [4.69, 9.17) is 5.26 Å². The van der Waals surface area contributed by atoms with Crippen LogP contribution < -0.4 is 5.32 Å². The van der Waals surface area contributed by atoms with Crippen molar-refractivity contribution >= 4 is 21.4 Å². The first kappa shape index (κ1) is 19.6. The van der Waals surface area contributed by atoms with E-state index in [2.05, 4.69) is 5.32 Å². The molecule has 0 saturated carbocycles. The SMILES string of the molecule is CC(C)CS(=O)(=O)c1cc(C(=O)Nc2cc(F)c(F)c(C#N)c2)n(C)c1. The third-order valence-corrected chi connectivity index (χ3v) is 5.58. The minimum absolute atomic E-state index is 0.00171. The zero-order valence-electron chi connectivity index (χ0n) is 14.4. The van der Waals surface area contributed by atoms with Gasteiger partial charge in [0.15, 0.2) is 21.5 Å². The number of benzene rings is 1. The van der Waals surface area contributed by atoms with E-state index in [0.29, 0.717) is 0 Å². The van der Waals surface area contributed by atoms with Crippen LogP contribution in [-0.4, -0.2) is 24.6 Å². The van der Waals surface area contributed by atoms with Gasteiger partial charge in [0.25, 0.3) is 5.91 Å². The number of hydrogen-bond acceptors (Lipinski definition) is 4. The van der Waals surface area contributed by atoms with Crippen LogP contribution in [0.25, 0.3) is 0 Å². The molecule has 0 aliphatic carbocycles. The van der Waals surface area contributed by atoms with Crippen LogP contribution in [0.5, 0.6) is 0 Å². The Morgan fingerprint density at radius 1 is 1.31 bits per heavy atom. The quantitative estimate of drug-likeness (QED) is 0.862. The van der Waals surface area contributed by atoms with Gasteiger partial charge in [-0.1, -0.05) is 13.8 Å². The fourth-order valence-electron chi connectivity index (χ4n) is 2.40. The molecule has 0 aliphatic rings. The number of aryl methyl sites for hydroxylation is 1. The van der Waals surface area contributed by atoms with Gasteiger partial charge >= 0.3 is 0 Å². The molecule has 9 heteroatoms. The van der Waals surface area contributed by atoms with Crippen molar-refractivity contribution in [1.82, 2.24) is 4.57 Å². The summed E-state index contributed by atoms with van der Waals surface area (Å²) in [4.78, 5) is 12.4. The number of nitrogens with one attached hydrogen (secondary N) is 1. The monoisotopic (exact) mass is 381 g/mol. The topological polar surface area (TPSA) is 92.0 Å². The summed E-state index contributed by atoms with van der Waals surface area (Å²) in [7, 11) is -2.05. The summed E-state index contributed by atoms with van der Waals surface area (Å²) >= 11 is 0. The van der Waals surface area contributed by atoms with Crippen LogP contribution >= 0.6 is 0 Å². The lowest BCUT2D eigenvalue weighted by Crippen LogP contribution is -2.15. The molecule has 2 rings (SSSR count). The van der Waals surface area contributed by atoms with E-state index < -0.39 is 32.9 Å². The van der Waals surface area contributed by atoms with E-state index in [1.54, 1.807) is 13.8 Å². The minimum atomic E-state index is -3.54. The van der Waals surface area contributed by atoms with E-state index in [-0.39, 0.29) is 27.9 Å². The first-order valence-electron chi connectivity index (χ1n) is 7.64. The van der Waals surface area contributed by atoms with Gasteiger partial charge < -0.3 is 9.88 Å². The highest BCUT2D eigenvalue weighted by Crippen LogP contribution is 2.21. The molecule has 0 spiro atoms. The average Bonchev–Trinajstić information content (AvgIpc) is 2.92. The summed E-state index contributed by atoms with van der Waals surface area (Å²) in [5.74, 6) is -3.43. The summed E-state index contributed by atoms with van der Waals surface area (Å²) < 4.78 is 52.7. The van der Waals surface area contributed by atoms with Gasteiger partial charge in [-0.2, -0.15) is 5.26 Å². The maximum Gasteiger partial charge on any atom is 0.272 e. The number of nitriles is 1. The number of nitrogens with zero attached hydrogens (tertiary/aromatic N) is 2. The molecular weight excluding hydrogens is 364 g/mol. The molecule has 1 aromatic carbocycles. The Labute approximate surface area is 150 Å². The van der Waals surface area contributed by atoms with Crippen LogP contribution in [0.3, 0.4) is 0 Å². The van der Waals surface area contributed by atoms with Gasteiger partial charge in [0.1, 0.15) is 11.8 Å². The lowest BCUT2D eigenvalue weighted by Gasteiger charge is -2.07. The largest absolute Gasteiger partial charge is 0.345 e. The van der Waals surface area contributed by atoms with E-state index in [1.165, 1.54) is 29.9 Å². The summed E-state index contributed by atoms with van der Waals surface area (Å²) in [5, 5.41) is 11.1. The Bertz CT molecular complexity index is 1000. The predicted octanol–water partition coefficient (Wildman–Crippen LogP) is 2.86. The van der Waals surface area contributed by atoms with Crippen LogP contribution in [0.4, 0.5) is 14.5 Å². The molecule has 0 atom stereocenters. The second kappa shape index (κ2) is 7.25. The van der Waals surface area contributed by atoms with Gasteiger partial charge in [0.05, 0.1) is 16.2 Å². The van der Waals surface area contributed by atoms with Crippen molar-refractivity contribution in [2.45, 2.75) is 18.7 Å². The highest BCUT2D eigenvalue weighted by molar-refractivity contribution is 7.91. The van der Waals surface area contributed by atoms with Crippen molar-refractivity contribution < 1.29 is 22.0 Å². The third kappa shape index (κ3) is 4.08. The smallest absolute Gasteiger partial charge is 0.272 e. The van der Waals surface area contributed by atoms with E-state index in [0.717, 1.165) is 12.1 Å². The number of carbonyl (C=O) groups excluding carboxylic acids is 1. The fraction of sp³-hybridized carbons (Fsp3) is 0.294. The first-order chi connectivity index (χ1) is 12.0. The summed E-state index contributed by atoms with van der Waals surface area (Å²) in [5.41, 5.74) is -0.638. The molecule has 2 aromatic rings. The van der Waals surface area contributed by atoms with Crippen molar-refractivity contribution in [3.05, 3.63) is 47.3 Å². The zero-order valence-corrected chi connectivity index (χ0v) is 15.2. The Kier molecular flexibility index (Phi) is 5.47. The normalized spacial score (nSPS) is 11.4. The average molecular weight is 381 g/mol. The van der Waals surface area contributed by atoms with E-state index >= 15 is 0 Å². The van der Waals surface area contributed by atoms with Crippen molar-refractivity contribution in [1.29, 1.82) is 5.26 Å². The number of halogens is 2. The molecule has 0 fully saturated rings. The van der Waals surface area contributed by atoms with Crippen molar-refractivity contribution in [3.8, 4) is 6.07 Å². The molecular formula is C17H17F2N3O3S. The summed E-state index contributed by atoms with van der Waals surface area (Å²) in [6, 6.07) is 4.45. The van der Waals surface area contributed by atoms with Crippen LogP contribution in [0, 0.1) is 28.9 Å². The number of carbonyl (C=O) groups is 1. The maximum atomic E-state index is 13.5. The Hall–Kier alpha value is -2.73. The molecule has 0 unspecified atom stereocenters. The Balaban J connectivity index is 2.32. The molecule has 6 nitrogen and oxygen atoms in total. The number of aromatic nitrogens is 1. The summed E-state index contributed by atoms with van der Waals surface area (Å²) in [6.07, 6.45) is 1.32. The lowest BCUT2D eigenvalue weighted by molar-refractivity contribution is 0.101. The molecule has 1 aromatic heterocycles. The lowest BCUT2D eigenvalue weighted by atomic mass is 10.2. The molecule has 1 N–H and O–H groups in total. The minimum Gasteiger partial charge on any atom is -0.345 e. The molecule has 1 heterocycles. The second-order valence-corrected chi connectivity index (χ2v) is 8.27. The second-order valence-electron chi connectivity index (χ2n) is 6.23. The molecule has 0 aliphatic heterocycles. The summed E-state index contributed by atoms with van der Waals surface area (Å²) in [6.45, 7) is 3.54. The number of sulfone groups is 1. The van der Waals surface area contributed by atoms with Gasteiger partial charge in [-0.15, -0.1) is 0 Å². The molecule has 0 bridgehead atoms. The third-order valence-electron chi connectivity index (χ3n) is 3.53. The standard InChI is InChI=1S/C17H17F2N3O3S/c1-10(2)9-26(24,25)13-6-15(22(3)8-13)17(23)21-12-4-11(7-20)16(19)14(18)5-12/h4-6,8,10H,9H2,1-3H3,(H,21,23). The van der Waals surface area contributed by atoms with Gasteiger partial charge in [-0.25, -0.2) is 17.2 Å². The molecule has 0 radical (unpaired) electrons. The molecule has 0 saturated heterocycles. The number of rotatable bonds is 5. The van der Waals surface area contributed by atoms with Crippen LogP contribution in [0.1, 0.15) is 29.9 Å². The van der Waals surface area contributed by atoms with Crippen molar-refractivity contribution in [3.63, 3.8) is 0 Å². The Morgan fingerprint density at radius 3 is 2.54 bits per heavy atom. The Morgan fingerprint density at radius 2 is 1.96 bits per heavy atom. The van der Waals surface area contributed by atoms with Gasteiger partial charge in [0, 0.05) is 25.0 Å². The molecule has 138 valence electrons. The first-order valence-corrected chi connectivity index (χ1v) is 9.30. The number of hydrogen-bond donors (Lipinski definition) is 1. The number of anilines is 1. The molecule has 1 amide bonds. The van der Waals surface area contributed by atoms with Gasteiger partial charge in [-0.3, -0.25) is 4.79 Å². The fourth-order valence-corrected chi connectivity index (χ4v) is 4.08. The van der Waals surface area contributed by atoms with Gasteiger partial charge in [0.2, 0.25) is 0 Å². The molecule has 26 heavy (non-hydrogen) atoms. The van der Waals surface area contributed by atoms with Crippen LogP contribution in [-0.2, 0) is 16.9 Å². The van der Waals surface area contributed by atoms with Crippen LogP contribution in [0.2, 0.25) is 0 Å². The zero-order chi connectivity index (χ0) is 19.6. The van der Waals surface area contributed by atoms with Gasteiger partial charge in [-0.05, 0) is 18.1 Å². The highest BCUT2D eigenvalue weighted by atomic mass is 32.2. The van der Waals surface area contributed by atoms with Crippen molar-refractivity contribution in [2.24, 2.45) is 13.0 Å². The van der Waals surface area contributed by atoms with Crippen LogP contribution in [0.15, 0.2) is 29.3 Å². The predicted molar refractivity (Wildman–Crippen MR) is 91.3 cm³/mol. The number of amides is 1. The van der Waals surface area contributed by atoms with E-state index in [1.807, 2.05) is 0 Å². The highest BCUT2D eigenvalue weighted by Gasteiger charge is 2.22.